The second-order valence-corrected chi connectivity index (χ2v) is 5.91. The van der Waals surface area contributed by atoms with E-state index in [1.165, 1.54) is 0 Å². The van der Waals surface area contributed by atoms with Crippen molar-refractivity contribution in [2.45, 2.75) is 6.61 Å². The smallest absolute Gasteiger partial charge is 0.338 e. The van der Waals surface area contributed by atoms with E-state index in [0.717, 1.165) is 9.13 Å². The topological polar surface area (TPSA) is 26.3 Å². The molecule has 0 N–H and O–H groups in total. The van der Waals surface area contributed by atoms with Gasteiger partial charge in [0, 0.05) is 19.2 Å². The molecule has 0 amide bonds. The van der Waals surface area contributed by atoms with Crippen LogP contribution in [0.2, 0.25) is 10.0 Å². The van der Waals surface area contributed by atoms with Crippen LogP contribution in [0.1, 0.15) is 15.9 Å². The van der Waals surface area contributed by atoms with Gasteiger partial charge in [-0.25, -0.2) is 4.79 Å². The van der Waals surface area contributed by atoms with Gasteiger partial charge in [-0.3, -0.25) is 0 Å². The summed E-state index contributed by atoms with van der Waals surface area (Å²) in [7, 11) is 0. The third-order valence-electron chi connectivity index (χ3n) is 2.43. The molecule has 0 aliphatic rings. The molecule has 2 aromatic carbocycles. The maximum atomic E-state index is 11.9. The quantitative estimate of drug-likeness (QED) is 0.532. The summed E-state index contributed by atoms with van der Waals surface area (Å²) in [5.74, 6) is -0.371. The highest BCUT2D eigenvalue weighted by Crippen LogP contribution is 2.22. The summed E-state index contributed by atoms with van der Waals surface area (Å²) >= 11 is 14.0. The van der Waals surface area contributed by atoms with Crippen molar-refractivity contribution in [3.63, 3.8) is 0 Å². The minimum absolute atomic E-state index is 0.125. The second-order valence-electron chi connectivity index (χ2n) is 3.82. The molecule has 0 aliphatic heterocycles. The number of halogens is 3. The number of rotatable bonds is 3. The molecule has 2 aromatic rings. The molecule has 0 unspecified atom stereocenters. The third-order valence-corrected chi connectivity index (χ3v) is 3.69. The average molecular weight is 407 g/mol. The normalized spacial score (nSPS) is 10.3. The number of esters is 1. The fourth-order valence-corrected chi connectivity index (χ4v) is 2.49. The SMILES string of the molecule is O=C(OCc1ccc(Cl)cc1Cl)c1cccc(I)c1. The van der Waals surface area contributed by atoms with Crippen LogP contribution in [0.3, 0.4) is 0 Å². The number of carbonyl (C=O) groups excluding carboxylic acids is 1. The molecule has 0 aromatic heterocycles. The van der Waals surface area contributed by atoms with Gasteiger partial charge >= 0.3 is 5.97 Å². The first-order valence-electron chi connectivity index (χ1n) is 5.43. The van der Waals surface area contributed by atoms with Gasteiger partial charge in [-0.1, -0.05) is 35.3 Å². The zero-order valence-corrected chi connectivity index (χ0v) is 13.4. The van der Waals surface area contributed by atoms with E-state index in [4.69, 9.17) is 27.9 Å². The fraction of sp³-hybridized carbons (Fsp3) is 0.0714. The third kappa shape index (κ3) is 4.09. The van der Waals surface area contributed by atoms with Crippen molar-refractivity contribution in [3.8, 4) is 0 Å². The van der Waals surface area contributed by atoms with E-state index in [2.05, 4.69) is 22.6 Å². The lowest BCUT2D eigenvalue weighted by Gasteiger charge is -2.07. The van der Waals surface area contributed by atoms with Crippen LogP contribution in [-0.4, -0.2) is 5.97 Å². The molecule has 98 valence electrons. The van der Waals surface area contributed by atoms with Gasteiger partial charge in [-0.05, 0) is 52.9 Å². The summed E-state index contributed by atoms with van der Waals surface area (Å²) in [5.41, 5.74) is 1.25. The molecule has 0 saturated heterocycles. The zero-order chi connectivity index (χ0) is 13.8. The highest BCUT2D eigenvalue weighted by molar-refractivity contribution is 14.1. The maximum absolute atomic E-state index is 11.9. The molecule has 0 spiro atoms. The maximum Gasteiger partial charge on any atom is 0.338 e. The van der Waals surface area contributed by atoms with Gasteiger partial charge in [0.25, 0.3) is 0 Å². The van der Waals surface area contributed by atoms with E-state index in [-0.39, 0.29) is 12.6 Å². The molecule has 0 atom stereocenters. The van der Waals surface area contributed by atoms with Crippen LogP contribution in [0.15, 0.2) is 42.5 Å². The van der Waals surface area contributed by atoms with Crippen molar-refractivity contribution in [1.82, 2.24) is 0 Å². The lowest BCUT2D eigenvalue weighted by molar-refractivity contribution is 0.0473. The number of carbonyl (C=O) groups is 1. The lowest BCUT2D eigenvalue weighted by Crippen LogP contribution is -2.05. The van der Waals surface area contributed by atoms with Crippen molar-refractivity contribution >= 4 is 51.8 Å². The van der Waals surface area contributed by atoms with E-state index >= 15 is 0 Å². The Kier molecular flexibility index (Phi) is 5.07. The van der Waals surface area contributed by atoms with Gasteiger partial charge in [0.2, 0.25) is 0 Å². The molecule has 2 nitrogen and oxygen atoms in total. The molecule has 19 heavy (non-hydrogen) atoms. The lowest BCUT2D eigenvalue weighted by atomic mass is 10.2. The summed E-state index contributed by atoms with van der Waals surface area (Å²) in [5, 5.41) is 1.04. The zero-order valence-electron chi connectivity index (χ0n) is 9.70. The molecule has 5 heteroatoms. The highest BCUT2D eigenvalue weighted by Gasteiger charge is 2.09. The molecule has 0 radical (unpaired) electrons. The minimum Gasteiger partial charge on any atom is -0.457 e. The van der Waals surface area contributed by atoms with Gasteiger partial charge in [-0.2, -0.15) is 0 Å². The predicted octanol–water partition coefficient (Wildman–Crippen LogP) is 4.96. The molecule has 0 heterocycles. The summed E-state index contributed by atoms with van der Waals surface area (Å²) in [6.07, 6.45) is 0. The van der Waals surface area contributed by atoms with Crippen LogP contribution in [0, 0.1) is 3.57 Å². The molecular formula is C14H9Cl2IO2. The Balaban J connectivity index is 2.04. The largest absolute Gasteiger partial charge is 0.457 e. The summed E-state index contributed by atoms with van der Waals surface area (Å²) < 4.78 is 6.20. The number of ether oxygens (including phenoxy) is 1. The highest BCUT2D eigenvalue weighted by atomic mass is 127. The molecule has 2 rings (SSSR count). The summed E-state index contributed by atoms with van der Waals surface area (Å²) in [6.45, 7) is 0.125. The van der Waals surface area contributed by atoms with E-state index in [9.17, 15) is 4.79 Å². The van der Waals surface area contributed by atoms with Gasteiger partial charge in [0.1, 0.15) is 6.61 Å². The number of benzene rings is 2. The van der Waals surface area contributed by atoms with E-state index < -0.39 is 0 Å². The van der Waals surface area contributed by atoms with E-state index in [1.54, 1.807) is 30.3 Å². The van der Waals surface area contributed by atoms with Crippen molar-refractivity contribution < 1.29 is 9.53 Å². The Morgan fingerprint density at radius 1 is 1.16 bits per heavy atom. The van der Waals surface area contributed by atoms with Crippen LogP contribution in [0.4, 0.5) is 0 Å². The Bertz CT molecular complexity index is 614. The van der Waals surface area contributed by atoms with Crippen LogP contribution < -0.4 is 0 Å². The Hall–Kier alpha value is -0.780. The first-order valence-corrected chi connectivity index (χ1v) is 7.26. The Labute approximate surface area is 134 Å². The van der Waals surface area contributed by atoms with Gasteiger partial charge < -0.3 is 4.74 Å². The molecule has 0 saturated carbocycles. The standard InChI is InChI=1S/C14H9Cl2IO2/c15-11-5-4-10(13(16)7-11)8-19-14(18)9-2-1-3-12(17)6-9/h1-7H,8H2. The van der Waals surface area contributed by atoms with E-state index in [1.807, 2.05) is 12.1 Å². The molecule has 0 bridgehead atoms. The Morgan fingerprint density at radius 2 is 1.95 bits per heavy atom. The Morgan fingerprint density at radius 3 is 2.63 bits per heavy atom. The second kappa shape index (κ2) is 6.59. The summed E-state index contributed by atoms with van der Waals surface area (Å²) in [4.78, 5) is 11.9. The monoisotopic (exact) mass is 406 g/mol. The van der Waals surface area contributed by atoms with Crippen LogP contribution >= 0.6 is 45.8 Å². The first-order chi connectivity index (χ1) is 9.06. The van der Waals surface area contributed by atoms with Crippen molar-refractivity contribution in [3.05, 3.63) is 67.2 Å². The number of hydrogen-bond acceptors (Lipinski definition) is 2. The molecule has 0 aliphatic carbocycles. The first kappa shape index (κ1) is 14.6. The minimum atomic E-state index is -0.371. The fourth-order valence-electron chi connectivity index (χ4n) is 1.48. The predicted molar refractivity (Wildman–Crippen MR) is 84.7 cm³/mol. The average Bonchev–Trinajstić information content (AvgIpc) is 2.37. The van der Waals surface area contributed by atoms with Crippen LogP contribution in [0.5, 0.6) is 0 Å². The van der Waals surface area contributed by atoms with Gasteiger partial charge in [0.05, 0.1) is 5.56 Å². The van der Waals surface area contributed by atoms with Crippen molar-refractivity contribution in [1.29, 1.82) is 0 Å². The van der Waals surface area contributed by atoms with Gasteiger partial charge in [0.15, 0.2) is 0 Å². The van der Waals surface area contributed by atoms with E-state index in [0.29, 0.717) is 15.6 Å². The molecule has 0 fully saturated rings. The summed E-state index contributed by atoms with van der Waals surface area (Å²) in [6, 6.07) is 12.3. The molecular weight excluding hydrogens is 398 g/mol. The van der Waals surface area contributed by atoms with Crippen molar-refractivity contribution in [2.24, 2.45) is 0 Å². The van der Waals surface area contributed by atoms with Crippen LogP contribution in [0.25, 0.3) is 0 Å². The number of hydrogen-bond donors (Lipinski definition) is 0. The van der Waals surface area contributed by atoms with Crippen LogP contribution in [-0.2, 0) is 11.3 Å². The van der Waals surface area contributed by atoms with Crippen molar-refractivity contribution in [2.75, 3.05) is 0 Å². The van der Waals surface area contributed by atoms with Gasteiger partial charge in [-0.15, -0.1) is 0 Å².